The van der Waals surface area contributed by atoms with Crippen molar-refractivity contribution in [3.8, 4) is 0 Å². The molecule has 1 fully saturated rings. The van der Waals surface area contributed by atoms with E-state index in [1.165, 1.54) is 7.11 Å². The fourth-order valence-corrected chi connectivity index (χ4v) is 2.36. The number of nitrogens with zero attached hydrogens (tertiary/aromatic N) is 1. The first kappa shape index (κ1) is 16.8. The van der Waals surface area contributed by atoms with Crippen LogP contribution in [0, 0.1) is 0 Å². The van der Waals surface area contributed by atoms with Gasteiger partial charge in [-0.2, -0.15) is 0 Å². The lowest BCUT2D eigenvalue weighted by Crippen LogP contribution is -2.42. The number of likely N-dealkylation sites (tertiary alicyclic amines) is 1. The monoisotopic (exact) mass is 319 g/mol. The summed E-state index contributed by atoms with van der Waals surface area (Å²) in [6.45, 7) is 1.86. The van der Waals surface area contributed by atoms with Crippen LogP contribution in [0.2, 0.25) is 0 Å². The van der Waals surface area contributed by atoms with E-state index in [1.54, 1.807) is 29.2 Å². The molecule has 7 nitrogen and oxygen atoms in total. The van der Waals surface area contributed by atoms with Gasteiger partial charge in [0.15, 0.2) is 0 Å². The van der Waals surface area contributed by atoms with E-state index in [-0.39, 0.29) is 12.5 Å². The van der Waals surface area contributed by atoms with Gasteiger partial charge in [0.1, 0.15) is 0 Å². The molecule has 1 aliphatic rings. The van der Waals surface area contributed by atoms with Crippen molar-refractivity contribution in [2.75, 3.05) is 26.7 Å². The van der Waals surface area contributed by atoms with E-state index in [9.17, 15) is 14.4 Å². The van der Waals surface area contributed by atoms with Gasteiger partial charge >= 0.3 is 12.0 Å². The maximum absolute atomic E-state index is 11.8. The highest BCUT2D eigenvalue weighted by atomic mass is 16.5. The molecule has 7 heteroatoms. The molecule has 2 rings (SSSR count). The number of hydrogen-bond acceptors (Lipinski definition) is 4. The topological polar surface area (TPSA) is 87.7 Å². The molecule has 1 aromatic carbocycles. The number of carbonyl (C=O) groups excluding carboxylic acids is 3. The highest BCUT2D eigenvalue weighted by molar-refractivity contribution is 5.89. The van der Waals surface area contributed by atoms with Gasteiger partial charge in [-0.3, -0.25) is 4.79 Å². The second-order valence-electron chi connectivity index (χ2n) is 5.31. The largest absolute Gasteiger partial charge is 0.465 e. The normalized spacial score (nSPS) is 13.5. The van der Waals surface area contributed by atoms with Gasteiger partial charge in [-0.25, -0.2) is 9.59 Å². The van der Waals surface area contributed by atoms with Crippen LogP contribution < -0.4 is 10.6 Å². The molecule has 0 saturated carbocycles. The second-order valence-corrected chi connectivity index (χ2v) is 5.31. The van der Waals surface area contributed by atoms with E-state index >= 15 is 0 Å². The minimum Gasteiger partial charge on any atom is -0.465 e. The lowest BCUT2D eigenvalue weighted by atomic mass is 10.1. The minimum absolute atomic E-state index is 0.00706. The SMILES string of the molecule is COC(=O)c1ccc(CNC(=O)NCC(=O)N2CCCC2)cc1. The Hall–Kier alpha value is -2.57. The number of ether oxygens (including phenoxy) is 1. The number of nitrogens with one attached hydrogen (secondary N) is 2. The summed E-state index contributed by atoms with van der Waals surface area (Å²) in [6, 6.07) is 6.36. The molecule has 0 aliphatic carbocycles. The van der Waals surface area contributed by atoms with E-state index in [0.717, 1.165) is 31.5 Å². The summed E-state index contributed by atoms with van der Waals surface area (Å²) < 4.78 is 4.62. The highest BCUT2D eigenvalue weighted by Crippen LogP contribution is 2.07. The number of rotatable bonds is 5. The molecular formula is C16H21N3O4. The Labute approximate surface area is 135 Å². The average molecular weight is 319 g/mol. The van der Waals surface area contributed by atoms with Gasteiger partial charge in [0.2, 0.25) is 5.91 Å². The van der Waals surface area contributed by atoms with Crippen LogP contribution in [0.3, 0.4) is 0 Å². The van der Waals surface area contributed by atoms with Gasteiger partial charge in [-0.15, -0.1) is 0 Å². The summed E-state index contributed by atoms with van der Waals surface area (Å²) in [6.07, 6.45) is 2.05. The molecule has 3 amide bonds. The Morgan fingerprint density at radius 2 is 1.74 bits per heavy atom. The Morgan fingerprint density at radius 3 is 2.35 bits per heavy atom. The van der Waals surface area contributed by atoms with Crippen molar-refractivity contribution in [1.82, 2.24) is 15.5 Å². The van der Waals surface area contributed by atoms with Gasteiger partial charge in [0, 0.05) is 19.6 Å². The molecule has 0 spiro atoms. The molecule has 1 heterocycles. The second kappa shape index (κ2) is 8.17. The molecule has 23 heavy (non-hydrogen) atoms. The molecule has 0 bridgehead atoms. The van der Waals surface area contributed by atoms with Crippen molar-refractivity contribution in [1.29, 1.82) is 0 Å². The molecule has 0 unspecified atom stereocenters. The number of carbonyl (C=O) groups is 3. The van der Waals surface area contributed by atoms with Crippen molar-refractivity contribution in [2.24, 2.45) is 0 Å². The molecule has 1 saturated heterocycles. The van der Waals surface area contributed by atoms with E-state index < -0.39 is 12.0 Å². The molecule has 2 N–H and O–H groups in total. The Morgan fingerprint density at radius 1 is 1.09 bits per heavy atom. The third-order valence-corrected chi connectivity index (χ3v) is 3.69. The van der Waals surface area contributed by atoms with Crippen molar-refractivity contribution < 1.29 is 19.1 Å². The van der Waals surface area contributed by atoms with Gasteiger partial charge in [0.25, 0.3) is 0 Å². The van der Waals surface area contributed by atoms with Crippen LogP contribution in [0.5, 0.6) is 0 Å². The lowest BCUT2D eigenvalue weighted by molar-refractivity contribution is -0.128. The van der Waals surface area contributed by atoms with Gasteiger partial charge in [-0.05, 0) is 30.5 Å². The number of esters is 1. The molecule has 1 aliphatic heterocycles. The van der Waals surface area contributed by atoms with E-state index in [2.05, 4.69) is 15.4 Å². The van der Waals surface area contributed by atoms with E-state index in [4.69, 9.17) is 0 Å². The van der Waals surface area contributed by atoms with E-state index in [0.29, 0.717) is 12.1 Å². The van der Waals surface area contributed by atoms with E-state index in [1.807, 2.05) is 0 Å². The van der Waals surface area contributed by atoms with Crippen molar-refractivity contribution in [2.45, 2.75) is 19.4 Å². The van der Waals surface area contributed by atoms with Crippen molar-refractivity contribution in [3.05, 3.63) is 35.4 Å². The molecule has 0 radical (unpaired) electrons. The van der Waals surface area contributed by atoms with Gasteiger partial charge in [-0.1, -0.05) is 12.1 Å². The minimum atomic E-state index is -0.400. The summed E-state index contributed by atoms with van der Waals surface area (Å²) in [7, 11) is 1.32. The quantitative estimate of drug-likeness (QED) is 0.789. The zero-order chi connectivity index (χ0) is 16.7. The first-order valence-electron chi connectivity index (χ1n) is 7.57. The number of urea groups is 1. The number of hydrogen-bond donors (Lipinski definition) is 2. The molecule has 0 atom stereocenters. The fraction of sp³-hybridized carbons (Fsp3) is 0.438. The predicted octanol–water partition coefficient (Wildman–Crippen LogP) is 0.895. The van der Waals surface area contributed by atoms with Gasteiger partial charge in [0.05, 0.1) is 19.2 Å². The zero-order valence-corrected chi connectivity index (χ0v) is 13.1. The van der Waals surface area contributed by atoms with Crippen LogP contribution in [0.1, 0.15) is 28.8 Å². The standard InChI is InChI=1S/C16H21N3O4/c1-23-15(21)13-6-4-12(5-7-13)10-17-16(22)18-11-14(20)19-8-2-3-9-19/h4-7H,2-3,8-11H2,1H3,(H2,17,18,22). The molecule has 124 valence electrons. The first-order chi connectivity index (χ1) is 11.1. The predicted molar refractivity (Wildman–Crippen MR) is 83.8 cm³/mol. The van der Waals surface area contributed by atoms with Crippen LogP contribution in [-0.2, 0) is 16.1 Å². The van der Waals surface area contributed by atoms with Gasteiger partial charge < -0.3 is 20.3 Å². The summed E-state index contributed by atoms with van der Waals surface area (Å²) in [4.78, 5) is 36.6. The summed E-state index contributed by atoms with van der Waals surface area (Å²) in [5.41, 5.74) is 1.30. The molecule has 1 aromatic rings. The molecule has 0 aromatic heterocycles. The third kappa shape index (κ3) is 4.98. The first-order valence-corrected chi connectivity index (χ1v) is 7.57. The fourth-order valence-electron chi connectivity index (χ4n) is 2.36. The van der Waals surface area contributed by atoms with Crippen LogP contribution >= 0.6 is 0 Å². The lowest BCUT2D eigenvalue weighted by Gasteiger charge is -2.15. The van der Waals surface area contributed by atoms with Crippen LogP contribution in [0.25, 0.3) is 0 Å². The highest BCUT2D eigenvalue weighted by Gasteiger charge is 2.17. The Bertz CT molecular complexity index is 565. The summed E-state index contributed by atoms with van der Waals surface area (Å²) in [5.74, 6) is -0.456. The Balaban J connectivity index is 1.71. The average Bonchev–Trinajstić information content (AvgIpc) is 3.12. The van der Waals surface area contributed by atoms with Crippen LogP contribution in [0.4, 0.5) is 4.79 Å². The van der Waals surface area contributed by atoms with Crippen LogP contribution in [0.15, 0.2) is 24.3 Å². The Kier molecular flexibility index (Phi) is 5.96. The summed E-state index contributed by atoms with van der Waals surface area (Å²) in [5, 5.41) is 5.22. The number of amides is 3. The maximum atomic E-state index is 11.8. The summed E-state index contributed by atoms with van der Waals surface area (Å²) >= 11 is 0. The smallest absolute Gasteiger partial charge is 0.337 e. The number of benzene rings is 1. The third-order valence-electron chi connectivity index (χ3n) is 3.69. The zero-order valence-electron chi connectivity index (χ0n) is 13.1. The van der Waals surface area contributed by atoms with Crippen LogP contribution in [-0.4, -0.2) is 49.6 Å². The molecular weight excluding hydrogens is 298 g/mol. The maximum Gasteiger partial charge on any atom is 0.337 e. The van der Waals surface area contributed by atoms with Crippen molar-refractivity contribution in [3.63, 3.8) is 0 Å². The number of methoxy groups -OCH3 is 1. The van der Waals surface area contributed by atoms with Crippen molar-refractivity contribution >= 4 is 17.9 Å².